The second-order valence-corrected chi connectivity index (χ2v) is 5.66. The average Bonchev–Trinajstić information content (AvgIpc) is 2.84. The number of hydrogen-bond acceptors (Lipinski definition) is 2. The fourth-order valence-corrected chi connectivity index (χ4v) is 2.74. The Labute approximate surface area is 120 Å². The van der Waals surface area contributed by atoms with Crippen LogP contribution in [0, 0.1) is 5.92 Å². The molecule has 2 aliphatic carbocycles. The summed E-state index contributed by atoms with van der Waals surface area (Å²) in [5, 5.41) is 17.3. The molecular formula is C16H26O4. The van der Waals surface area contributed by atoms with Crippen LogP contribution in [0.1, 0.15) is 70.6 Å². The minimum Gasteiger partial charge on any atom is -0.481 e. The Kier molecular flexibility index (Phi) is 8.00. The van der Waals surface area contributed by atoms with E-state index in [1.165, 1.54) is 19.3 Å². The van der Waals surface area contributed by atoms with E-state index in [-0.39, 0.29) is 5.92 Å². The molecule has 0 radical (unpaired) electrons. The van der Waals surface area contributed by atoms with Crippen molar-refractivity contribution in [1.29, 1.82) is 0 Å². The Hall–Kier alpha value is -1.32. The van der Waals surface area contributed by atoms with E-state index >= 15 is 0 Å². The Bertz CT molecular complexity index is 338. The average molecular weight is 282 g/mol. The second-order valence-electron chi connectivity index (χ2n) is 5.66. The first-order valence-electron chi connectivity index (χ1n) is 7.76. The van der Waals surface area contributed by atoms with Crippen molar-refractivity contribution < 1.29 is 19.8 Å². The maximum absolute atomic E-state index is 10.5. The highest BCUT2D eigenvalue weighted by atomic mass is 16.4. The molecule has 0 bridgehead atoms. The molecule has 0 aromatic carbocycles. The van der Waals surface area contributed by atoms with Gasteiger partial charge in [0.15, 0.2) is 0 Å². The van der Waals surface area contributed by atoms with Crippen LogP contribution < -0.4 is 0 Å². The van der Waals surface area contributed by atoms with Gasteiger partial charge in [0.25, 0.3) is 0 Å². The Morgan fingerprint density at radius 3 is 2.05 bits per heavy atom. The van der Waals surface area contributed by atoms with Gasteiger partial charge in [0.2, 0.25) is 0 Å². The number of rotatable bonds is 2. The molecule has 0 aromatic heterocycles. The van der Waals surface area contributed by atoms with Crippen molar-refractivity contribution in [3.8, 4) is 0 Å². The molecule has 0 aromatic rings. The summed E-state index contributed by atoms with van der Waals surface area (Å²) in [6.07, 6.45) is 13.4. The maximum atomic E-state index is 10.5. The van der Waals surface area contributed by atoms with Crippen molar-refractivity contribution >= 4 is 11.9 Å². The van der Waals surface area contributed by atoms with Crippen molar-refractivity contribution in [2.75, 3.05) is 0 Å². The van der Waals surface area contributed by atoms with Gasteiger partial charge in [-0.2, -0.15) is 0 Å². The Balaban J connectivity index is 0.000000200. The van der Waals surface area contributed by atoms with Gasteiger partial charge in [-0.3, -0.25) is 4.79 Å². The van der Waals surface area contributed by atoms with Gasteiger partial charge in [-0.1, -0.05) is 38.2 Å². The molecule has 0 heterocycles. The standard InChI is InChI=1S/C8H14O2.C8H12O2/c2*9-8(10)7-5-3-1-2-4-6-7/h7H,1-6H2,(H,9,10);5H,1-4,6H2,(H,9,10). The van der Waals surface area contributed by atoms with Gasteiger partial charge in [0, 0.05) is 5.57 Å². The highest BCUT2D eigenvalue weighted by molar-refractivity contribution is 5.86. The first-order chi connectivity index (χ1) is 9.61. The quantitative estimate of drug-likeness (QED) is 0.751. The molecule has 0 aliphatic heterocycles. The van der Waals surface area contributed by atoms with E-state index in [0.717, 1.165) is 51.4 Å². The van der Waals surface area contributed by atoms with Crippen molar-refractivity contribution in [3.63, 3.8) is 0 Å². The first-order valence-corrected chi connectivity index (χ1v) is 7.76. The Morgan fingerprint density at radius 2 is 1.50 bits per heavy atom. The summed E-state index contributed by atoms with van der Waals surface area (Å²) in [4.78, 5) is 20.9. The predicted octanol–water partition coefficient (Wildman–Crippen LogP) is 4.00. The number of carbonyl (C=O) groups is 2. The molecule has 2 N–H and O–H groups in total. The third-order valence-electron chi connectivity index (χ3n) is 4.02. The van der Waals surface area contributed by atoms with Crippen LogP contribution in [-0.2, 0) is 9.59 Å². The molecule has 20 heavy (non-hydrogen) atoms. The van der Waals surface area contributed by atoms with Gasteiger partial charge in [-0.25, -0.2) is 4.79 Å². The van der Waals surface area contributed by atoms with E-state index in [4.69, 9.17) is 10.2 Å². The third kappa shape index (κ3) is 6.73. The topological polar surface area (TPSA) is 74.6 Å². The molecule has 4 heteroatoms. The van der Waals surface area contributed by atoms with Gasteiger partial charge in [-0.05, 0) is 38.5 Å². The monoisotopic (exact) mass is 282 g/mol. The van der Waals surface area contributed by atoms with E-state index in [2.05, 4.69) is 0 Å². The second kappa shape index (κ2) is 9.56. The summed E-state index contributed by atoms with van der Waals surface area (Å²) >= 11 is 0. The molecule has 0 saturated heterocycles. The lowest BCUT2D eigenvalue weighted by Gasteiger charge is -2.05. The summed E-state index contributed by atoms with van der Waals surface area (Å²) in [5.41, 5.74) is 0.609. The number of carboxylic acid groups (broad SMARTS) is 2. The summed E-state index contributed by atoms with van der Waals surface area (Å²) in [7, 11) is 0. The summed E-state index contributed by atoms with van der Waals surface area (Å²) in [6, 6.07) is 0. The largest absolute Gasteiger partial charge is 0.481 e. The van der Waals surface area contributed by atoms with Crippen LogP contribution >= 0.6 is 0 Å². The minimum absolute atomic E-state index is 0.0394. The molecule has 4 nitrogen and oxygen atoms in total. The first kappa shape index (κ1) is 16.7. The molecule has 1 saturated carbocycles. The molecule has 2 rings (SSSR count). The van der Waals surface area contributed by atoms with E-state index in [1.807, 2.05) is 6.08 Å². The number of carboxylic acids is 2. The molecule has 0 spiro atoms. The zero-order chi connectivity index (χ0) is 14.8. The van der Waals surface area contributed by atoms with Crippen molar-refractivity contribution in [3.05, 3.63) is 11.6 Å². The molecular weight excluding hydrogens is 256 g/mol. The number of aliphatic carboxylic acids is 2. The zero-order valence-electron chi connectivity index (χ0n) is 12.1. The number of hydrogen-bond donors (Lipinski definition) is 2. The number of allylic oxidation sites excluding steroid dienone is 1. The molecule has 0 atom stereocenters. The van der Waals surface area contributed by atoms with Crippen molar-refractivity contribution in [2.24, 2.45) is 5.92 Å². The predicted molar refractivity (Wildman–Crippen MR) is 77.6 cm³/mol. The lowest BCUT2D eigenvalue weighted by Crippen LogP contribution is -2.11. The van der Waals surface area contributed by atoms with E-state index in [0.29, 0.717) is 5.57 Å². The van der Waals surface area contributed by atoms with Crippen LogP contribution in [0.4, 0.5) is 0 Å². The highest BCUT2D eigenvalue weighted by Gasteiger charge is 2.18. The summed E-state index contributed by atoms with van der Waals surface area (Å²) < 4.78 is 0. The molecule has 0 unspecified atom stereocenters. The van der Waals surface area contributed by atoms with E-state index < -0.39 is 11.9 Å². The van der Waals surface area contributed by atoms with Crippen LogP contribution in [-0.4, -0.2) is 22.2 Å². The molecule has 0 amide bonds. The van der Waals surface area contributed by atoms with Gasteiger partial charge in [0.1, 0.15) is 0 Å². The minimum atomic E-state index is -0.734. The Morgan fingerprint density at radius 1 is 0.900 bits per heavy atom. The van der Waals surface area contributed by atoms with E-state index in [9.17, 15) is 9.59 Å². The van der Waals surface area contributed by atoms with Gasteiger partial charge in [0.05, 0.1) is 5.92 Å². The lowest BCUT2D eigenvalue weighted by atomic mass is 10.0. The van der Waals surface area contributed by atoms with Crippen LogP contribution in [0.3, 0.4) is 0 Å². The zero-order valence-corrected chi connectivity index (χ0v) is 12.1. The van der Waals surface area contributed by atoms with Gasteiger partial charge >= 0.3 is 11.9 Å². The van der Waals surface area contributed by atoms with Crippen molar-refractivity contribution in [1.82, 2.24) is 0 Å². The molecule has 2 aliphatic rings. The van der Waals surface area contributed by atoms with Crippen LogP contribution in [0.2, 0.25) is 0 Å². The molecule has 114 valence electrons. The van der Waals surface area contributed by atoms with Crippen molar-refractivity contribution in [2.45, 2.75) is 70.6 Å². The van der Waals surface area contributed by atoms with E-state index in [1.54, 1.807) is 0 Å². The summed E-state index contributed by atoms with van der Waals surface area (Å²) in [6.45, 7) is 0. The van der Waals surface area contributed by atoms with Crippen LogP contribution in [0.15, 0.2) is 11.6 Å². The SMILES string of the molecule is O=C(O)C1=CCCCCC1.O=C(O)C1CCCCCC1. The third-order valence-corrected chi connectivity index (χ3v) is 4.02. The smallest absolute Gasteiger partial charge is 0.331 e. The van der Waals surface area contributed by atoms with Crippen LogP contribution in [0.25, 0.3) is 0 Å². The fourth-order valence-electron chi connectivity index (χ4n) is 2.74. The summed E-state index contributed by atoms with van der Waals surface area (Å²) in [5.74, 6) is -1.37. The molecule has 1 fully saturated rings. The van der Waals surface area contributed by atoms with Crippen LogP contribution in [0.5, 0.6) is 0 Å². The normalized spacial score (nSPS) is 20.7. The van der Waals surface area contributed by atoms with Gasteiger partial charge < -0.3 is 10.2 Å². The lowest BCUT2D eigenvalue weighted by molar-refractivity contribution is -0.142. The maximum Gasteiger partial charge on any atom is 0.331 e. The fraction of sp³-hybridized carbons (Fsp3) is 0.750. The highest BCUT2D eigenvalue weighted by Crippen LogP contribution is 2.22. The van der Waals surface area contributed by atoms with Gasteiger partial charge in [-0.15, -0.1) is 0 Å².